The summed E-state index contributed by atoms with van der Waals surface area (Å²) in [6.07, 6.45) is 8.72. The van der Waals surface area contributed by atoms with Crippen LogP contribution in [0, 0.1) is 0 Å². The zero-order valence-electron chi connectivity index (χ0n) is 11.8. The van der Waals surface area contributed by atoms with Crippen molar-refractivity contribution in [3.05, 3.63) is 76.9 Å². The van der Waals surface area contributed by atoms with E-state index in [-0.39, 0.29) is 0 Å². The molecule has 0 N–H and O–H groups in total. The summed E-state index contributed by atoms with van der Waals surface area (Å²) in [5.41, 5.74) is 7.77. The highest BCUT2D eigenvalue weighted by molar-refractivity contribution is 5.72. The van der Waals surface area contributed by atoms with Crippen molar-refractivity contribution in [1.29, 1.82) is 0 Å². The third-order valence-electron chi connectivity index (χ3n) is 4.95. The first-order chi connectivity index (χ1) is 9.92. The van der Waals surface area contributed by atoms with Gasteiger partial charge in [0, 0.05) is 0 Å². The molecular weight excluding hydrogens is 240 g/mol. The van der Waals surface area contributed by atoms with E-state index in [4.69, 9.17) is 0 Å². The molecule has 2 aliphatic rings. The quantitative estimate of drug-likeness (QED) is 0.717. The Morgan fingerprint density at radius 3 is 2.65 bits per heavy atom. The van der Waals surface area contributed by atoms with Crippen LogP contribution in [0.3, 0.4) is 0 Å². The summed E-state index contributed by atoms with van der Waals surface area (Å²) in [5.74, 6) is 0.778. The van der Waals surface area contributed by atoms with Crippen LogP contribution in [-0.2, 0) is 12.8 Å². The van der Waals surface area contributed by atoms with E-state index in [9.17, 15) is 0 Å². The van der Waals surface area contributed by atoms with E-state index >= 15 is 0 Å². The summed E-state index contributed by atoms with van der Waals surface area (Å²) in [6.45, 7) is 0. The molecule has 0 amide bonds. The fourth-order valence-electron chi connectivity index (χ4n) is 3.87. The van der Waals surface area contributed by atoms with Crippen LogP contribution in [0.5, 0.6) is 0 Å². The third-order valence-corrected chi connectivity index (χ3v) is 4.95. The predicted molar refractivity (Wildman–Crippen MR) is 84.9 cm³/mol. The van der Waals surface area contributed by atoms with E-state index in [1.807, 2.05) is 0 Å². The summed E-state index contributed by atoms with van der Waals surface area (Å²) in [4.78, 5) is 0. The van der Waals surface area contributed by atoms with E-state index < -0.39 is 0 Å². The van der Waals surface area contributed by atoms with Gasteiger partial charge in [0.2, 0.25) is 0 Å². The van der Waals surface area contributed by atoms with E-state index in [2.05, 4.69) is 54.6 Å². The molecule has 0 aliphatic heterocycles. The third kappa shape index (κ3) is 2.00. The monoisotopic (exact) mass is 260 g/mol. The molecule has 0 heteroatoms. The molecule has 2 aromatic rings. The van der Waals surface area contributed by atoms with Crippen LogP contribution in [0.2, 0.25) is 0 Å². The number of fused-ring (bicyclic) bond motifs is 2. The molecule has 0 saturated heterocycles. The lowest BCUT2D eigenvalue weighted by atomic mass is 9.92. The molecule has 0 saturated carbocycles. The summed E-state index contributed by atoms with van der Waals surface area (Å²) < 4.78 is 0. The molecule has 2 aliphatic carbocycles. The minimum absolute atomic E-state index is 0.778. The maximum atomic E-state index is 2.44. The van der Waals surface area contributed by atoms with Gasteiger partial charge in [-0.25, -0.2) is 0 Å². The van der Waals surface area contributed by atoms with Crippen molar-refractivity contribution >= 4 is 5.57 Å². The highest BCUT2D eigenvalue weighted by Crippen LogP contribution is 2.39. The lowest BCUT2D eigenvalue weighted by molar-refractivity contribution is 0.631. The van der Waals surface area contributed by atoms with Crippen LogP contribution in [0.1, 0.15) is 47.4 Å². The number of hydrogen-bond acceptors (Lipinski definition) is 0. The largest absolute Gasteiger partial charge is 0.0763 e. The summed E-state index contributed by atoms with van der Waals surface area (Å²) >= 11 is 0. The topological polar surface area (TPSA) is 0 Å². The van der Waals surface area contributed by atoms with Gasteiger partial charge in [0.15, 0.2) is 0 Å². The highest BCUT2D eigenvalue weighted by atomic mass is 14.3. The average Bonchev–Trinajstić information content (AvgIpc) is 3.09. The molecule has 0 fully saturated rings. The van der Waals surface area contributed by atoms with Crippen LogP contribution in [0.15, 0.2) is 54.6 Å². The summed E-state index contributed by atoms with van der Waals surface area (Å²) in [5, 5.41) is 0. The second-order valence-corrected chi connectivity index (χ2v) is 6.06. The average molecular weight is 260 g/mol. The van der Waals surface area contributed by atoms with Crippen molar-refractivity contribution < 1.29 is 0 Å². The molecule has 2 aromatic carbocycles. The lowest BCUT2D eigenvalue weighted by Gasteiger charge is -2.12. The fourth-order valence-corrected chi connectivity index (χ4v) is 3.87. The van der Waals surface area contributed by atoms with Gasteiger partial charge in [0.05, 0.1) is 0 Å². The summed E-state index contributed by atoms with van der Waals surface area (Å²) in [7, 11) is 0. The molecule has 4 rings (SSSR count). The SMILES string of the molecule is C1=C(CCC2CCc3ccccc32)c2ccccc2C1. The molecule has 100 valence electrons. The number of hydrogen-bond donors (Lipinski definition) is 0. The minimum atomic E-state index is 0.778. The number of allylic oxidation sites excluding steroid dienone is 2. The maximum Gasteiger partial charge on any atom is -0.00854 e. The van der Waals surface area contributed by atoms with Gasteiger partial charge >= 0.3 is 0 Å². The highest BCUT2D eigenvalue weighted by Gasteiger charge is 2.22. The van der Waals surface area contributed by atoms with Gasteiger partial charge in [-0.05, 0) is 65.8 Å². The number of rotatable bonds is 3. The van der Waals surface area contributed by atoms with Crippen molar-refractivity contribution in [3.8, 4) is 0 Å². The Labute approximate surface area is 121 Å². The van der Waals surface area contributed by atoms with Gasteiger partial charge in [-0.1, -0.05) is 54.6 Å². The van der Waals surface area contributed by atoms with Gasteiger partial charge in [-0.15, -0.1) is 0 Å². The van der Waals surface area contributed by atoms with Crippen molar-refractivity contribution in [1.82, 2.24) is 0 Å². The van der Waals surface area contributed by atoms with E-state index in [0.717, 1.165) is 12.3 Å². The fraction of sp³-hybridized carbons (Fsp3) is 0.300. The first-order valence-corrected chi connectivity index (χ1v) is 7.77. The molecule has 0 heterocycles. The van der Waals surface area contributed by atoms with Gasteiger partial charge in [0.1, 0.15) is 0 Å². The zero-order chi connectivity index (χ0) is 13.4. The molecule has 0 aromatic heterocycles. The minimum Gasteiger partial charge on any atom is -0.0763 e. The molecule has 0 nitrogen and oxygen atoms in total. The van der Waals surface area contributed by atoms with Gasteiger partial charge in [-0.3, -0.25) is 0 Å². The van der Waals surface area contributed by atoms with E-state index in [0.29, 0.717) is 0 Å². The Kier molecular flexibility index (Phi) is 2.95. The van der Waals surface area contributed by atoms with Crippen molar-refractivity contribution in [3.63, 3.8) is 0 Å². The Morgan fingerprint density at radius 2 is 1.70 bits per heavy atom. The van der Waals surface area contributed by atoms with Crippen LogP contribution in [-0.4, -0.2) is 0 Å². The first kappa shape index (κ1) is 12.0. The molecule has 1 unspecified atom stereocenters. The van der Waals surface area contributed by atoms with Gasteiger partial charge < -0.3 is 0 Å². The van der Waals surface area contributed by atoms with Crippen LogP contribution >= 0.6 is 0 Å². The number of aryl methyl sites for hydroxylation is 1. The Bertz CT molecular complexity index is 663. The predicted octanol–water partition coefficient (Wildman–Crippen LogP) is 5.14. The summed E-state index contributed by atoms with van der Waals surface area (Å²) in [6, 6.07) is 17.9. The van der Waals surface area contributed by atoms with Crippen molar-refractivity contribution in [2.75, 3.05) is 0 Å². The van der Waals surface area contributed by atoms with Crippen LogP contribution < -0.4 is 0 Å². The first-order valence-electron chi connectivity index (χ1n) is 7.77. The second kappa shape index (κ2) is 4.94. The molecule has 1 atom stereocenters. The Balaban J connectivity index is 1.48. The molecule has 0 radical (unpaired) electrons. The maximum absolute atomic E-state index is 2.44. The van der Waals surface area contributed by atoms with Crippen LogP contribution in [0.4, 0.5) is 0 Å². The molecule has 0 bridgehead atoms. The lowest BCUT2D eigenvalue weighted by Crippen LogP contribution is -1.94. The second-order valence-electron chi connectivity index (χ2n) is 6.06. The molecule has 0 spiro atoms. The van der Waals surface area contributed by atoms with Crippen molar-refractivity contribution in [2.24, 2.45) is 0 Å². The van der Waals surface area contributed by atoms with Crippen molar-refractivity contribution in [2.45, 2.75) is 38.0 Å². The normalized spacial score (nSPS) is 19.6. The zero-order valence-corrected chi connectivity index (χ0v) is 11.8. The Morgan fingerprint density at radius 1 is 0.900 bits per heavy atom. The van der Waals surface area contributed by atoms with Crippen LogP contribution in [0.25, 0.3) is 5.57 Å². The molecular formula is C20H20. The van der Waals surface area contributed by atoms with E-state index in [1.165, 1.54) is 36.8 Å². The standard InChI is InChI=1S/C20H20/c1-3-7-19-15(5-1)9-11-17(19)13-14-18-12-10-16-6-2-4-8-20(16)18/h1-8,11,18H,9-10,12-14H2. The smallest absolute Gasteiger partial charge is 0.00854 e. The Hall–Kier alpha value is -1.82. The molecule has 20 heavy (non-hydrogen) atoms. The number of benzene rings is 2. The van der Waals surface area contributed by atoms with Gasteiger partial charge in [-0.2, -0.15) is 0 Å². The van der Waals surface area contributed by atoms with E-state index in [1.54, 1.807) is 16.7 Å². The van der Waals surface area contributed by atoms with Gasteiger partial charge in [0.25, 0.3) is 0 Å².